The third-order valence-electron chi connectivity index (χ3n) is 5.90. The molecule has 0 saturated carbocycles. The maximum atomic E-state index is 10.9. The summed E-state index contributed by atoms with van der Waals surface area (Å²) in [6.45, 7) is 0. The first-order chi connectivity index (χ1) is 18.0. The molecule has 4 aromatic rings. The van der Waals surface area contributed by atoms with E-state index in [0.29, 0.717) is 11.3 Å². The smallest absolute Gasteiger partial charge is 0.370 e. The van der Waals surface area contributed by atoms with Gasteiger partial charge in [-0.05, 0) is 40.5 Å². The minimum absolute atomic E-state index is 0.514. The molecular weight excluding hydrogens is 484 g/mol. The normalized spacial score (nSPS) is 12.7. The van der Waals surface area contributed by atoms with Crippen LogP contribution in [-0.4, -0.2) is 35.3 Å². The van der Waals surface area contributed by atoms with Gasteiger partial charge in [-0.1, -0.05) is 103 Å². The SMILES string of the molecule is COC(CSc1ccc(C=C(O)C(=O)O)cc1)OC(c1ccccc1)(c1ccccc1)c1ccccc1. The molecule has 4 aromatic carbocycles. The maximum absolute atomic E-state index is 10.9. The van der Waals surface area contributed by atoms with E-state index in [-0.39, 0.29) is 0 Å². The Morgan fingerprint density at radius 2 is 1.24 bits per heavy atom. The Balaban J connectivity index is 1.64. The number of hydrogen-bond donors (Lipinski definition) is 2. The second-order valence-electron chi connectivity index (χ2n) is 8.28. The van der Waals surface area contributed by atoms with Gasteiger partial charge in [0.25, 0.3) is 0 Å². The summed E-state index contributed by atoms with van der Waals surface area (Å²) in [5, 5.41) is 18.3. The molecule has 0 aromatic heterocycles. The molecule has 6 heteroatoms. The van der Waals surface area contributed by atoms with Gasteiger partial charge < -0.3 is 19.7 Å². The van der Waals surface area contributed by atoms with Gasteiger partial charge in [0.1, 0.15) is 5.60 Å². The number of aliphatic hydroxyl groups is 1. The zero-order valence-electron chi connectivity index (χ0n) is 20.4. The standard InChI is InChI=1S/C31H28O5S/c1-35-29(22-37-27-19-17-23(18-20-27)21-28(32)30(33)34)36-31(24-11-5-2-6-12-24,25-13-7-3-8-14-25)26-15-9-4-10-16-26/h2-21,29,32H,22H2,1H3,(H,33,34). The molecule has 2 N–H and O–H groups in total. The Hall–Kier alpha value is -3.84. The summed E-state index contributed by atoms with van der Waals surface area (Å²) >= 11 is 1.56. The Morgan fingerprint density at radius 3 is 1.65 bits per heavy atom. The minimum Gasteiger partial charge on any atom is -0.502 e. The van der Waals surface area contributed by atoms with E-state index in [1.54, 1.807) is 31.0 Å². The molecule has 0 aliphatic heterocycles. The highest BCUT2D eigenvalue weighted by Gasteiger charge is 2.40. The summed E-state index contributed by atoms with van der Waals surface area (Å²) in [4.78, 5) is 11.8. The van der Waals surface area contributed by atoms with Crippen molar-refractivity contribution >= 4 is 23.8 Å². The molecule has 37 heavy (non-hydrogen) atoms. The average molecular weight is 513 g/mol. The molecule has 0 fully saturated rings. The van der Waals surface area contributed by atoms with E-state index in [9.17, 15) is 9.90 Å². The molecular formula is C31H28O5S. The van der Waals surface area contributed by atoms with Gasteiger partial charge >= 0.3 is 5.97 Å². The first-order valence-electron chi connectivity index (χ1n) is 11.8. The predicted octanol–water partition coefficient (Wildman–Crippen LogP) is 6.74. The molecule has 0 bridgehead atoms. The zero-order chi connectivity index (χ0) is 26.1. The fraction of sp³-hybridized carbons (Fsp3) is 0.129. The van der Waals surface area contributed by atoms with Gasteiger partial charge in [0.2, 0.25) is 5.76 Å². The molecule has 0 amide bonds. The van der Waals surface area contributed by atoms with Crippen LogP contribution in [0.4, 0.5) is 0 Å². The quantitative estimate of drug-likeness (QED) is 0.0762. The average Bonchev–Trinajstić information content (AvgIpc) is 2.95. The Kier molecular flexibility index (Phi) is 8.80. The van der Waals surface area contributed by atoms with Gasteiger partial charge in [0, 0.05) is 17.8 Å². The summed E-state index contributed by atoms with van der Waals surface area (Å²) < 4.78 is 12.8. The number of aliphatic carboxylic acids is 1. The lowest BCUT2D eigenvalue weighted by Gasteiger charge is -2.38. The summed E-state index contributed by atoms with van der Waals surface area (Å²) in [5.74, 6) is -1.55. The summed E-state index contributed by atoms with van der Waals surface area (Å²) in [5.41, 5.74) is 2.69. The van der Waals surface area contributed by atoms with E-state index in [1.165, 1.54) is 6.08 Å². The van der Waals surface area contributed by atoms with Crippen molar-refractivity contribution in [1.82, 2.24) is 0 Å². The molecule has 0 saturated heterocycles. The first kappa shape index (κ1) is 26.2. The van der Waals surface area contributed by atoms with E-state index < -0.39 is 23.6 Å². The van der Waals surface area contributed by atoms with Crippen LogP contribution >= 0.6 is 11.8 Å². The van der Waals surface area contributed by atoms with Crippen LogP contribution in [0.15, 0.2) is 126 Å². The molecule has 1 unspecified atom stereocenters. The number of carboxylic acids is 1. The molecule has 0 heterocycles. The zero-order valence-corrected chi connectivity index (χ0v) is 21.2. The molecule has 188 valence electrons. The molecule has 5 nitrogen and oxygen atoms in total. The van der Waals surface area contributed by atoms with Crippen molar-refractivity contribution in [3.05, 3.63) is 143 Å². The lowest BCUT2D eigenvalue weighted by atomic mass is 9.80. The number of methoxy groups -OCH3 is 1. The highest BCUT2D eigenvalue weighted by molar-refractivity contribution is 7.99. The third-order valence-corrected chi connectivity index (χ3v) is 6.95. The van der Waals surface area contributed by atoms with Crippen LogP contribution in [0, 0.1) is 0 Å². The fourth-order valence-corrected chi connectivity index (χ4v) is 4.98. The van der Waals surface area contributed by atoms with E-state index in [2.05, 4.69) is 36.4 Å². The van der Waals surface area contributed by atoms with Crippen molar-refractivity contribution < 1.29 is 24.5 Å². The van der Waals surface area contributed by atoms with E-state index in [4.69, 9.17) is 14.6 Å². The highest BCUT2D eigenvalue weighted by Crippen LogP contribution is 2.42. The Morgan fingerprint density at radius 1 is 0.784 bits per heavy atom. The predicted molar refractivity (Wildman–Crippen MR) is 146 cm³/mol. The number of hydrogen-bond acceptors (Lipinski definition) is 5. The van der Waals surface area contributed by atoms with Crippen LogP contribution in [0.25, 0.3) is 6.08 Å². The topological polar surface area (TPSA) is 76.0 Å². The van der Waals surface area contributed by atoms with E-state index >= 15 is 0 Å². The minimum atomic E-state index is -1.36. The number of carboxylic acid groups (broad SMARTS) is 1. The molecule has 0 spiro atoms. The number of rotatable bonds is 11. The molecule has 0 aliphatic rings. The van der Waals surface area contributed by atoms with Gasteiger partial charge in [0.05, 0.1) is 0 Å². The van der Waals surface area contributed by atoms with Crippen molar-refractivity contribution in [3.63, 3.8) is 0 Å². The molecule has 0 aliphatic carbocycles. The number of ether oxygens (including phenoxy) is 2. The van der Waals surface area contributed by atoms with Crippen LogP contribution in [0.3, 0.4) is 0 Å². The van der Waals surface area contributed by atoms with E-state index in [1.807, 2.05) is 66.7 Å². The van der Waals surface area contributed by atoms with E-state index in [0.717, 1.165) is 21.6 Å². The lowest BCUT2D eigenvalue weighted by Crippen LogP contribution is -2.38. The van der Waals surface area contributed by atoms with Crippen molar-refractivity contribution in [2.45, 2.75) is 16.8 Å². The summed E-state index contributed by atoms with van der Waals surface area (Å²) in [6.07, 6.45) is 0.660. The molecule has 0 radical (unpaired) electrons. The van der Waals surface area contributed by atoms with Crippen molar-refractivity contribution in [2.75, 3.05) is 12.9 Å². The van der Waals surface area contributed by atoms with Gasteiger partial charge in [-0.15, -0.1) is 11.8 Å². The fourth-order valence-electron chi connectivity index (χ4n) is 4.11. The van der Waals surface area contributed by atoms with Crippen molar-refractivity contribution in [1.29, 1.82) is 0 Å². The molecule has 4 rings (SSSR count). The second kappa shape index (κ2) is 12.4. The van der Waals surface area contributed by atoms with Crippen LogP contribution in [0.2, 0.25) is 0 Å². The Bertz CT molecular complexity index is 1210. The van der Waals surface area contributed by atoms with Gasteiger partial charge in [0.15, 0.2) is 6.29 Å². The van der Waals surface area contributed by atoms with Gasteiger partial charge in [-0.25, -0.2) is 4.79 Å². The first-order valence-corrected chi connectivity index (χ1v) is 12.8. The van der Waals surface area contributed by atoms with Crippen molar-refractivity contribution in [3.8, 4) is 0 Å². The van der Waals surface area contributed by atoms with Crippen molar-refractivity contribution in [2.24, 2.45) is 0 Å². The number of thioether (sulfide) groups is 1. The van der Waals surface area contributed by atoms with Crippen LogP contribution in [-0.2, 0) is 19.9 Å². The van der Waals surface area contributed by atoms with Crippen LogP contribution in [0.1, 0.15) is 22.3 Å². The molecule has 1 atom stereocenters. The summed E-state index contributed by atoms with van der Waals surface area (Å²) in [6, 6.07) is 37.7. The maximum Gasteiger partial charge on any atom is 0.370 e. The second-order valence-corrected chi connectivity index (χ2v) is 9.37. The number of benzene rings is 4. The third kappa shape index (κ3) is 6.30. The number of carbonyl (C=O) groups is 1. The van der Waals surface area contributed by atoms with Gasteiger partial charge in [-0.2, -0.15) is 0 Å². The number of aliphatic hydroxyl groups excluding tert-OH is 1. The summed E-state index contributed by atoms with van der Waals surface area (Å²) in [7, 11) is 1.64. The van der Waals surface area contributed by atoms with Crippen LogP contribution in [0.5, 0.6) is 0 Å². The lowest BCUT2D eigenvalue weighted by molar-refractivity contribution is -0.162. The Labute approximate surface area is 221 Å². The van der Waals surface area contributed by atoms with Gasteiger partial charge in [-0.3, -0.25) is 0 Å². The highest BCUT2D eigenvalue weighted by atomic mass is 32.2. The van der Waals surface area contributed by atoms with Crippen LogP contribution < -0.4 is 0 Å². The largest absolute Gasteiger partial charge is 0.502 e. The monoisotopic (exact) mass is 512 g/mol.